The second-order valence-corrected chi connectivity index (χ2v) is 10.5. The quantitative estimate of drug-likeness (QED) is 0.238. The van der Waals surface area contributed by atoms with Gasteiger partial charge in [0.2, 0.25) is 0 Å². The molecule has 0 radical (unpaired) electrons. The predicted molar refractivity (Wildman–Crippen MR) is 146 cm³/mol. The third-order valence-corrected chi connectivity index (χ3v) is 7.45. The molecule has 3 unspecified atom stereocenters. The summed E-state index contributed by atoms with van der Waals surface area (Å²) >= 11 is 2.21. The zero-order valence-corrected chi connectivity index (χ0v) is 22.3. The fourth-order valence-corrected chi connectivity index (χ4v) is 4.78. The number of rotatable bonds is 10. The Bertz CT molecular complexity index is 1050. The van der Waals surface area contributed by atoms with Crippen molar-refractivity contribution < 1.29 is 24.1 Å². The summed E-state index contributed by atoms with van der Waals surface area (Å²) in [6, 6.07) is 28.9. The molecular formula is C29H32INO5. The second-order valence-electron chi connectivity index (χ2n) is 8.88. The number of ether oxygens (including phenoxy) is 3. The maximum absolute atomic E-state index is 13.5. The van der Waals surface area contributed by atoms with E-state index >= 15 is 0 Å². The Hall–Kier alpha value is -2.46. The third-order valence-electron chi connectivity index (χ3n) is 6.22. The zero-order valence-electron chi connectivity index (χ0n) is 20.1. The molecule has 0 aliphatic carbocycles. The summed E-state index contributed by atoms with van der Waals surface area (Å²) in [7, 11) is 0. The normalized spacial score (nSPS) is 20.4. The van der Waals surface area contributed by atoms with E-state index in [1.165, 1.54) is 0 Å². The van der Waals surface area contributed by atoms with Gasteiger partial charge < -0.3 is 19.3 Å². The van der Waals surface area contributed by atoms with Gasteiger partial charge in [0.15, 0.2) is 6.29 Å². The van der Waals surface area contributed by atoms with Gasteiger partial charge in [0.25, 0.3) is 0 Å². The van der Waals surface area contributed by atoms with Crippen molar-refractivity contribution in [2.45, 2.75) is 55.0 Å². The number of carbonyl (C=O) groups excluding carboxylic acids is 1. The van der Waals surface area contributed by atoms with Crippen molar-refractivity contribution in [3.63, 3.8) is 0 Å². The molecule has 7 heteroatoms. The van der Waals surface area contributed by atoms with Gasteiger partial charge in [0.05, 0.1) is 29.3 Å². The first-order chi connectivity index (χ1) is 17.6. The van der Waals surface area contributed by atoms with Gasteiger partial charge in [-0.15, -0.1) is 0 Å². The maximum Gasteiger partial charge on any atom is 0.410 e. The average molecular weight is 601 g/mol. The summed E-state index contributed by atoms with van der Waals surface area (Å²) in [6.07, 6.45) is -0.207. The van der Waals surface area contributed by atoms with Crippen LogP contribution in [0.2, 0.25) is 0 Å². The molecule has 0 bridgehead atoms. The molecule has 6 nitrogen and oxygen atoms in total. The molecule has 1 amide bonds. The van der Waals surface area contributed by atoms with Crippen LogP contribution >= 0.6 is 22.6 Å². The molecule has 0 aromatic heterocycles. The van der Waals surface area contributed by atoms with E-state index in [2.05, 4.69) is 22.6 Å². The average Bonchev–Trinajstić information content (AvgIpc) is 2.92. The van der Waals surface area contributed by atoms with Gasteiger partial charge in [0.1, 0.15) is 6.61 Å². The van der Waals surface area contributed by atoms with Gasteiger partial charge >= 0.3 is 6.09 Å². The molecule has 36 heavy (non-hydrogen) atoms. The third kappa shape index (κ3) is 7.77. The van der Waals surface area contributed by atoms with Crippen LogP contribution in [0.15, 0.2) is 91.0 Å². The number of hydrogen-bond acceptors (Lipinski definition) is 5. The summed E-state index contributed by atoms with van der Waals surface area (Å²) in [6.45, 7) is 1.19. The van der Waals surface area contributed by atoms with Crippen LogP contribution in [0, 0.1) is 0 Å². The topological polar surface area (TPSA) is 68.2 Å². The SMILES string of the molecule is O=C(OCc1ccccc1)N(Cc1ccccc1)[C@H](COCc1ccccc1)C1CCC(I)C(O)O1. The summed E-state index contributed by atoms with van der Waals surface area (Å²) in [5, 5.41) is 10.5. The van der Waals surface area contributed by atoms with E-state index in [-0.39, 0.29) is 23.2 Å². The van der Waals surface area contributed by atoms with E-state index in [4.69, 9.17) is 14.2 Å². The number of nitrogens with zero attached hydrogens (tertiary/aromatic N) is 1. The Labute approximate surface area is 226 Å². The molecule has 4 rings (SSSR count). The highest BCUT2D eigenvalue weighted by atomic mass is 127. The van der Waals surface area contributed by atoms with Crippen LogP contribution in [-0.4, -0.2) is 45.1 Å². The van der Waals surface area contributed by atoms with Gasteiger partial charge in [-0.2, -0.15) is 0 Å². The Morgan fingerprint density at radius 2 is 1.44 bits per heavy atom. The lowest BCUT2D eigenvalue weighted by Gasteiger charge is -2.40. The number of carbonyl (C=O) groups is 1. The minimum atomic E-state index is -0.889. The molecule has 1 saturated heterocycles. The van der Waals surface area contributed by atoms with Crippen LogP contribution in [0.1, 0.15) is 29.5 Å². The number of aliphatic hydroxyl groups excluding tert-OH is 1. The van der Waals surface area contributed by atoms with E-state index in [0.29, 0.717) is 19.6 Å². The van der Waals surface area contributed by atoms with Gasteiger partial charge in [-0.3, -0.25) is 4.90 Å². The van der Waals surface area contributed by atoms with Crippen LogP contribution in [0.4, 0.5) is 4.79 Å². The number of alkyl halides is 1. The Morgan fingerprint density at radius 1 is 0.889 bits per heavy atom. The number of halogens is 1. The Morgan fingerprint density at radius 3 is 2.03 bits per heavy atom. The number of hydrogen-bond donors (Lipinski definition) is 1. The van der Waals surface area contributed by atoms with Gasteiger partial charge in [-0.1, -0.05) is 114 Å². The van der Waals surface area contributed by atoms with E-state index in [9.17, 15) is 9.90 Å². The van der Waals surface area contributed by atoms with E-state index in [1.807, 2.05) is 91.0 Å². The van der Waals surface area contributed by atoms with E-state index in [1.54, 1.807) is 4.90 Å². The highest BCUT2D eigenvalue weighted by Crippen LogP contribution is 2.29. The van der Waals surface area contributed by atoms with E-state index < -0.39 is 18.4 Å². The highest BCUT2D eigenvalue weighted by molar-refractivity contribution is 14.1. The first kappa shape index (κ1) is 26.6. The van der Waals surface area contributed by atoms with Crippen molar-refractivity contribution in [2.75, 3.05) is 6.61 Å². The first-order valence-electron chi connectivity index (χ1n) is 12.2. The Kier molecular flexibility index (Phi) is 10.2. The van der Waals surface area contributed by atoms with Gasteiger partial charge in [-0.05, 0) is 29.5 Å². The van der Waals surface area contributed by atoms with Gasteiger partial charge in [0, 0.05) is 6.54 Å². The van der Waals surface area contributed by atoms with Gasteiger partial charge in [-0.25, -0.2) is 4.79 Å². The molecular weight excluding hydrogens is 569 g/mol. The van der Waals surface area contributed by atoms with Crippen molar-refractivity contribution in [3.05, 3.63) is 108 Å². The molecule has 4 atom stereocenters. The van der Waals surface area contributed by atoms with Crippen molar-refractivity contribution in [1.29, 1.82) is 0 Å². The Balaban J connectivity index is 1.54. The molecule has 1 aliphatic heterocycles. The van der Waals surface area contributed by atoms with Crippen LogP contribution in [0.25, 0.3) is 0 Å². The van der Waals surface area contributed by atoms with Crippen LogP contribution in [0.5, 0.6) is 0 Å². The largest absolute Gasteiger partial charge is 0.445 e. The smallest absolute Gasteiger partial charge is 0.410 e. The fraction of sp³-hybridized carbons (Fsp3) is 0.345. The predicted octanol–water partition coefficient (Wildman–Crippen LogP) is 5.71. The van der Waals surface area contributed by atoms with Crippen LogP contribution < -0.4 is 0 Å². The minimum absolute atomic E-state index is 0.0114. The highest BCUT2D eigenvalue weighted by Gasteiger charge is 2.38. The monoisotopic (exact) mass is 601 g/mol. The van der Waals surface area contributed by atoms with Crippen LogP contribution in [0.3, 0.4) is 0 Å². The summed E-state index contributed by atoms with van der Waals surface area (Å²) in [5.41, 5.74) is 2.94. The summed E-state index contributed by atoms with van der Waals surface area (Å²) in [4.78, 5) is 15.2. The standard InChI is InChI=1S/C29H32INO5/c30-25-16-17-27(36-28(25)32)26(21-34-19-23-12-6-2-7-13-23)31(18-22-10-4-1-5-11-22)29(33)35-20-24-14-8-3-9-15-24/h1-15,25-28,32H,16-21H2/t25?,26-,27?,28?/m1/s1. The molecule has 0 saturated carbocycles. The molecule has 1 heterocycles. The second kappa shape index (κ2) is 13.7. The van der Waals surface area contributed by atoms with E-state index in [0.717, 1.165) is 23.1 Å². The molecule has 0 spiro atoms. The van der Waals surface area contributed by atoms with Crippen LogP contribution in [-0.2, 0) is 34.0 Å². The molecule has 3 aromatic carbocycles. The maximum atomic E-state index is 13.5. The molecule has 1 fully saturated rings. The number of benzene rings is 3. The molecule has 3 aromatic rings. The zero-order chi connectivity index (χ0) is 25.2. The molecule has 190 valence electrons. The summed E-state index contributed by atoms with van der Waals surface area (Å²) in [5.74, 6) is 0. The van der Waals surface area contributed by atoms with Crippen molar-refractivity contribution in [3.8, 4) is 0 Å². The summed E-state index contributed by atoms with van der Waals surface area (Å²) < 4.78 is 17.9. The lowest BCUT2D eigenvalue weighted by Crippen LogP contribution is -2.53. The fourth-order valence-electron chi connectivity index (χ4n) is 4.25. The lowest BCUT2D eigenvalue weighted by atomic mass is 10.00. The number of amides is 1. The molecule has 1 aliphatic rings. The minimum Gasteiger partial charge on any atom is -0.445 e. The first-order valence-corrected chi connectivity index (χ1v) is 13.4. The molecule has 1 N–H and O–H groups in total. The number of aliphatic hydroxyl groups is 1. The lowest BCUT2D eigenvalue weighted by molar-refractivity contribution is -0.179. The van der Waals surface area contributed by atoms with Crippen molar-refractivity contribution in [2.24, 2.45) is 0 Å². The van der Waals surface area contributed by atoms with Crippen molar-refractivity contribution in [1.82, 2.24) is 4.90 Å². The van der Waals surface area contributed by atoms with Crippen molar-refractivity contribution >= 4 is 28.7 Å².